The van der Waals surface area contributed by atoms with E-state index < -0.39 is 0 Å². The average molecular weight is 310 g/mol. The number of nitrogens with two attached hydrogens (primary N) is 1. The Kier molecular flexibility index (Phi) is 3.34. The predicted molar refractivity (Wildman–Crippen MR) is 76.8 cm³/mol. The van der Waals surface area contributed by atoms with Crippen molar-refractivity contribution >= 4 is 21.7 Å². The number of hydrogen-bond donors (Lipinski definition) is 1. The van der Waals surface area contributed by atoms with Crippen molar-refractivity contribution in [2.24, 2.45) is 7.05 Å². The molecule has 0 aliphatic heterocycles. The fraction of sp³-hybridized carbons (Fsp3) is 0.308. The molecule has 5 heteroatoms. The summed E-state index contributed by atoms with van der Waals surface area (Å²) in [6, 6.07) is 4.13. The number of rotatable bonds is 2. The van der Waals surface area contributed by atoms with Crippen LogP contribution >= 0.6 is 15.9 Å². The van der Waals surface area contributed by atoms with E-state index in [-0.39, 0.29) is 0 Å². The van der Waals surface area contributed by atoms with Crippen molar-refractivity contribution in [3.63, 3.8) is 0 Å². The summed E-state index contributed by atoms with van der Waals surface area (Å²) < 4.78 is 8.04. The second kappa shape index (κ2) is 4.65. The molecule has 2 rings (SSSR count). The zero-order chi connectivity index (χ0) is 13.4. The highest BCUT2D eigenvalue weighted by Gasteiger charge is 2.19. The third-order valence-electron chi connectivity index (χ3n) is 2.91. The van der Waals surface area contributed by atoms with Gasteiger partial charge >= 0.3 is 0 Å². The van der Waals surface area contributed by atoms with E-state index >= 15 is 0 Å². The molecule has 0 saturated heterocycles. The van der Waals surface area contributed by atoms with Crippen molar-refractivity contribution < 1.29 is 4.74 Å². The first kappa shape index (κ1) is 13.0. The van der Waals surface area contributed by atoms with Gasteiger partial charge in [-0.2, -0.15) is 5.10 Å². The molecule has 1 aromatic carbocycles. The first-order chi connectivity index (χ1) is 8.45. The molecule has 0 aliphatic rings. The molecule has 1 heterocycles. The Morgan fingerprint density at radius 2 is 2.00 bits per heavy atom. The van der Waals surface area contributed by atoms with E-state index in [1.807, 2.05) is 20.0 Å². The van der Waals surface area contributed by atoms with Crippen LogP contribution in [0.2, 0.25) is 0 Å². The Labute approximate surface area is 115 Å². The molecule has 2 aromatic rings. The topological polar surface area (TPSA) is 53.1 Å². The molecule has 0 bridgehead atoms. The largest absolute Gasteiger partial charge is 0.496 e. The Hall–Kier alpha value is -1.49. The molecule has 96 valence electrons. The number of nitrogen functional groups attached to an aromatic ring is 1. The summed E-state index contributed by atoms with van der Waals surface area (Å²) >= 11 is 3.49. The Balaban J connectivity index is 2.78. The van der Waals surface area contributed by atoms with E-state index in [0.29, 0.717) is 5.82 Å². The molecule has 0 saturated carbocycles. The van der Waals surface area contributed by atoms with Crippen LogP contribution in [0.5, 0.6) is 5.75 Å². The van der Waals surface area contributed by atoms with Crippen LogP contribution in [0.3, 0.4) is 0 Å². The van der Waals surface area contributed by atoms with Crippen molar-refractivity contribution in [3.05, 3.63) is 27.7 Å². The van der Waals surface area contributed by atoms with Crippen LogP contribution in [-0.4, -0.2) is 16.9 Å². The van der Waals surface area contributed by atoms with Crippen LogP contribution in [-0.2, 0) is 7.05 Å². The maximum absolute atomic E-state index is 5.83. The fourth-order valence-corrected chi connectivity index (χ4v) is 2.72. The van der Waals surface area contributed by atoms with Crippen molar-refractivity contribution in [1.82, 2.24) is 9.78 Å². The minimum absolute atomic E-state index is 0.481. The summed E-state index contributed by atoms with van der Waals surface area (Å²) in [5.74, 6) is 1.31. The summed E-state index contributed by atoms with van der Waals surface area (Å²) in [5.41, 5.74) is 10.1. The molecule has 0 radical (unpaired) electrons. The first-order valence-corrected chi connectivity index (χ1v) is 6.38. The van der Waals surface area contributed by atoms with Gasteiger partial charge in [-0.05, 0) is 47.0 Å². The van der Waals surface area contributed by atoms with E-state index in [1.54, 1.807) is 11.8 Å². The van der Waals surface area contributed by atoms with Crippen molar-refractivity contribution in [2.75, 3.05) is 12.8 Å². The van der Waals surface area contributed by atoms with Gasteiger partial charge in [0.2, 0.25) is 0 Å². The van der Waals surface area contributed by atoms with Gasteiger partial charge in [-0.3, -0.25) is 4.68 Å². The van der Waals surface area contributed by atoms with Crippen molar-refractivity contribution in [1.29, 1.82) is 0 Å². The Morgan fingerprint density at radius 1 is 1.33 bits per heavy atom. The zero-order valence-corrected chi connectivity index (χ0v) is 12.5. The van der Waals surface area contributed by atoms with Crippen molar-refractivity contribution in [3.8, 4) is 17.0 Å². The summed E-state index contributed by atoms with van der Waals surface area (Å²) in [7, 11) is 3.54. The lowest BCUT2D eigenvalue weighted by Crippen LogP contribution is -1.99. The number of benzene rings is 1. The SMILES string of the molecule is COc1cc(C)cc(C)c1-c1c(Br)c(N)nn1C. The van der Waals surface area contributed by atoms with Crippen molar-refractivity contribution in [2.45, 2.75) is 13.8 Å². The van der Waals surface area contributed by atoms with E-state index in [2.05, 4.69) is 34.0 Å². The number of ether oxygens (including phenoxy) is 1. The van der Waals surface area contributed by atoms with E-state index in [9.17, 15) is 0 Å². The zero-order valence-electron chi connectivity index (χ0n) is 10.9. The van der Waals surface area contributed by atoms with Gasteiger partial charge in [-0.15, -0.1) is 0 Å². The lowest BCUT2D eigenvalue weighted by molar-refractivity contribution is 0.415. The quantitative estimate of drug-likeness (QED) is 0.927. The second-order valence-corrected chi connectivity index (χ2v) is 5.12. The predicted octanol–water partition coefficient (Wildman–Crippen LogP) is 3.06. The minimum atomic E-state index is 0.481. The third kappa shape index (κ3) is 1.99. The summed E-state index contributed by atoms with van der Waals surface area (Å²) in [6.07, 6.45) is 0. The van der Waals surface area contributed by atoms with Gasteiger partial charge in [0.25, 0.3) is 0 Å². The molecular weight excluding hydrogens is 294 g/mol. The van der Waals surface area contributed by atoms with E-state index in [0.717, 1.165) is 27.0 Å². The standard InChI is InChI=1S/C13H16BrN3O/c1-7-5-8(2)10(9(6-7)18-4)12-11(14)13(15)16-17(12)3/h5-6H,1-4H3,(H2,15,16). The molecule has 0 fully saturated rings. The first-order valence-electron chi connectivity index (χ1n) is 5.59. The lowest BCUT2D eigenvalue weighted by atomic mass is 10.0. The summed E-state index contributed by atoms with van der Waals surface area (Å²) in [6.45, 7) is 4.10. The van der Waals surface area contributed by atoms with Gasteiger partial charge in [0, 0.05) is 12.6 Å². The minimum Gasteiger partial charge on any atom is -0.496 e. The highest BCUT2D eigenvalue weighted by atomic mass is 79.9. The molecule has 4 nitrogen and oxygen atoms in total. The van der Waals surface area contributed by atoms with Crippen LogP contribution in [0.25, 0.3) is 11.3 Å². The average Bonchev–Trinajstić information content (AvgIpc) is 2.54. The van der Waals surface area contributed by atoms with E-state index in [1.165, 1.54) is 5.56 Å². The van der Waals surface area contributed by atoms with E-state index in [4.69, 9.17) is 10.5 Å². The van der Waals surface area contributed by atoms with Crippen LogP contribution in [0, 0.1) is 13.8 Å². The van der Waals surface area contributed by atoms with Crippen LogP contribution in [0.15, 0.2) is 16.6 Å². The van der Waals surface area contributed by atoms with Crippen LogP contribution in [0.4, 0.5) is 5.82 Å². The number of anilines is 1. The second-order valence-electron chi connectivity index (χ2n) is 4.33. The van der Waals surface area contributed by atoms with Gasteiger partial charge < -0.3 is 10.5 Å². The number of methoxy groups -OCH3 is 1. The smallest absolute Gasteiger partial charge is 0.160 e. The molecule has 18 heavy (non-hydrogen) atoms. The normalized spacial score (nSPS) is 10.7. The number of aromatic nitrogens is 2. The number of aryl methyl sites for hydroxylation is 3. The molecule has 0 spiro atoms. The fourth-order valence-electron chi connectivity index (χ4n) is 2.18. The van der Waals surface area contributed by atoms with Crippen LogP contribution < -0.4 is 10.5 Å². The molecule has 0 amide bonds. The lowest BCUT2D eigenvalue weighted by Gasteiger charge is -2.13. The van der Waals surface area contributed by atoms with Gasteiger partial charge in [-0.25, -0.2) is 0 Å². The van der Waals surface area contributed by atoms with Gasteiger partial charge in [0.15, 0.2) is 5.82 Å². The monoisotopic (exact) mass is 309 g/mol. The third-order valence-corrected chi connectivity index (χ3v) is 3.70. The van der Waals surface area contributed by atoms with Crippen LogP contribution in [0.1, 0.15) is 11.1 Å². The Morgan fingerprint density at radius 3 is 2.50 bits per heavy atom. The highest BCUT2D eigenvalue weighted by Crippen LogP contribution is 2.40. The molecular formula is C13H16BrN3O. The molecule has 2 N–H and O–H groups in total. The molecule has 1 aromatic heterocycles. The maximum atomic E-state index is 5.83. The Bertz CT molecular complexity index is 605. The van der Waals surface area contributed by atoms with Gasteiger partial charge in [0.1, 0.15) is 5.75 Å². The number of hydrogen-bond acceptors (Lipinski definition) is 3. The summed E-state index contributed by atoms with van der Waals surface area (Å²) in [5, 5.41) is 4.22. The molecule has 0 atom stereocenters. The molecule has 0 unspecified atom stereocenters. The number of nitrogens with zero attached hydrogens (tertiary/aromatic N) is 2. The van der Waals surface area contributed by atoms with Gasteiger partial charge in [0.05, 0.1) is 17.3 Å². The highest BCUT2D eigenvalue weighted by molar-refractivity contribution is 9.10. The van der Waals surface area contributed by atoms with Gasteiger partial charge in [-0.1, -0.05) is 6.07 Å². The number of halogens is 1. The maximum Gasteiger partial charge on any atom is 0.160 e. The molecule has 0 aliphatic carbocycles. The summed E-state index contributed by atoms with van der Waals surface area (Å²) in [4.78, 5) is 0.